The van der Waals surface area contributed by atoms with Crippen molar-refractivity contribution in [2.24, 2.45) is 0 Å². The van der Waals surface area contributed by atoms with Crippen LogP contribution in [0.3, 0.4) is 0 Å². The van der Waals surface area contributed by atoms with E-state index in [0.29, 0.717) is 5.69 Å². The molecule has 1 aromatic rings. The average Bonchev–Trinajstić information content (AvgIpc) is 2.39. The molecule has 1 fully saturated rings. The molecular formula is C11H17Cl2N3O2. The largest absolute Gasteiger partial charge is 0.464 e. The number of rotatable bonds is 2. The summed E-state index contributed by atoms with van der Waals surface area (Å²) in [5, 5.41) is 3.28. The topological polar surface area (TPSA) is 54.5 Å². The van der Waals surface area contributed by atoms with Crippen LogP contribution in [0.2, 0.25) is 0 Å². The first-order valence-corrected chi connectivity index (χ1v) is 5.31. The van der Waals surface area contributed by atoms with Gasteiger partial charge >= 0.3 is 5.97 Å². The summed E-state index contributed by atoms with van der Waals surface area (Å²) in [7, 11) is 1.36. The molecule has 1 saturated heterocycles. The Kier molecular flexibility index (Phi) is 7.66. The Morgan fingerprint density at radius 2 is 2.06 bits per heavy atom. The number of ether oxygens (including phenoxy) is 1. The van der Waals surface area contributed by atoms with E-state index < -0.39 is 5.97 Å². The maximum Gasteiger partial charge on any atom is 0.356 e. The highest BCUT2D eigenvalue weighted by atomic mass is 35.5. The summed E-state index contributed by atoms with van der Waals surface area (Å²) >= 11 is 0. The van der Waals surface area contributed by atoms with Gasteiger partial charge in [-0.15, -0.1) is 24.8 Å². The highest BCUT2D eigenvalue weighted by molar-refractivity contribution is 5.88. The fourth-order valence-corrected chi connectivity index (χ4v) is 1.76. The number of carbonyl (C=O) groups excluding carboxylic acids is 1. The Morgan fingerprint density at radius 1 is 1.39 bits per heavy atom. The lowest BCUT2D eigenvalue weighted by molar-refractivity contribution is 0.0594. The van der Waals surface area contributed by atoms with Crippen LogP contribution >= 0.6 is 24.8 Å². The van der Waals surface area contributed by atoms with Crippen LogP contribution in [0, 0.1) is 0 Å². The molecule has 0 aromatic carbocycles. The molecule has 2 rings (SSSR count). The molecule has 1 aromatic heterocycles. The number of aromatic nitrogens is 1. The van der Waals surface area contributed by atoms with E-state index in [1.807, 2.05) is 6.07 Å². The minimum Gasteiger partial charge on any atom is -0.464 e. The molecule has 0 amide bonds. The molecule has 0 atom stereocenters. The molecule has 102 valence electrons. The maximum absolute atomic E-state index is 11.3. The van der Waals surface area contributed by atoms with Gasteiger partial charge in [0, 0.05) is 38.1 Å². The second-order valence-corrected chi connectivity index (χ2v) is 3.63. The van der Waals surface area contributed by atoms with Crippen molar-refractivity contribution in [2.75, 3.05) is 38.2 Å². The molecule has 0 saturated carbocycles. The van der Waals surface area contributed by atoms with Crippen LogP contribution < -0.4 is 10.2 Å². The van der Waals surface area contributed by atoms with Gasteiger partial charge in [-0.1, -0.05) is 0 Å². The molecule has 7 heteroatoms. The van der Waals surface area contributed by atoms with Crippen molar-refractivity contribution < 1.29 is 9.53 Å². The molecule has 2 heterocycles. The molecule has 0 bridgehead atoms. The lowest BCUT2D eigenvalue weighted by atomic mass is 10.2. The molecule has 0 aliphatic carbocycles. The summed E-state index contributed by atoms with van der Waals surface area (Å²) < 4.78 is 4.65. The van der Waals surface area contributed by atoms with Gasteiger partial charge < -0.3 is 15.0 Å². The van der Waals surface area contributed by atoms with Gasteiger partial charge in [0.25, 0.3) is 0 Å². The Bertz CT molecular complexity index is 384. The van der Waals surface area contributed by atoms with Gasteiger partial charge in [0.1, 0.15) is 5.69 Å². The monoisotopic (exact) mass is 293 g/mol. The number of nitrogens with zero attached hydrogens (tertiary/aromatic N) is 2. The van der Waals surface area contributed by atoms with Crippen molar-refractivity contribution in [1.29, 1.82) is 0 Å². The number of halogens is 2. The zero-order valence-corrected chi connectivity index (χ0v) is 11.7. The van der Waals surface area contributed by atoms with Gasteiger partial charge in [-0.2, -0.15) is 0 Å². The molecule has 1 aliphatic rings. The summed E-state index contributed by atoms with van der Waals surface area (Å²) in [5.41, 5.74) is 1.38. The fraction of sp³-hybridized carbons (Fsp3) is 0.455. The lowest BCUT2D eigenvalue weighted by Crippen LogP contribution is -2.43. The van der Waals surface area contributed by atoms with Crippen LogP contribution in [0.1, 0.15) is 10.5 Å². The number of piperazine rings is 1. The third kappa shape index (κ3) is 4.01. The van der Waals surface area contributed by atoms with Gasteiger partial charge in [-0.25, -0.2) is 9.78 Å². The molecule has 0 spiro atoms. The van der Waals surface area contributed by atoms with Gasteiger partial charge in [0.15, 0.2) is 0 Å². The van der Waals surface area contributed by atoms with Crippen molar-refractivity contribution in [3.63, 3.8) is 0 Å². The van der Waals surface area contributed by atoms with Crippen LogP contribution in [0.15, 0.2) is 18.3 Å². The number of hydrogen-bond donors (Lipinski definition) is 1. The first kappa shape index (κ1) is 17.0. The number of nitrogens with one attached hydrogen (secondary N) is 1. The predicted octanol–water partition coefficient (Wildman–Crippen LogP) is 1.12. The van der Waals surface area contributed by atoms with E-state index in [9.17, 15) is 4.79 Å². The Labute approximate surface area is 119 Å². The van der Waals surface area contributed by atoms with Crippen LogP contribution in [0.5, 0.6) is 0 Å². The Balaban J connectivity index is 0.00000144. The zero-order valence-electron chi connectivity index (χ0n) is 10.1. The van der Waals surface area contributed by atoms with E-state index in [1.54, 1.807) is 12.3 Å². The summed E-state index contributed by atoms with van der Waals surface area (Å²) in [5.74, 6) is -0.392. The molecule has 1 aliphatic heterocycles. The van der Waals surface area contributed by atoms with Gasteiger partial charge in [0.2, 0.25) is 0 Å². The minimum atomic E-state index is -0.392. The third-order valence-electron chi connectivity index (χ3n) is 2.62. The average molecular weight is 294 g/mol. The van der Waals surface area contributed by atoms with Crippen LogP contribution in [-0.4, -0.2) is 44.2 Å². The number of anilines is 1. The normalized spacial score (nSPS) is 14.2. The van der Waals surface area contributed by atoms with Crippen molar-refractivity contribution >= 4 is 36.5 Å². The molecule has 5 nitrogen and oxygen atoms in total. The van der Waals surface area contributed by atoms with Crippen LogP contribution in [-0.2, 0) is 4.74 Å². The third-order valence-corrected chi connectivity index (χ3v) is 2.62. The SMILES string of the molecule is COC(=O)c1cc(N2CCNCC2)ccn1.Cl.Cl. The lowest BCUT2D eigenvalue weighted by Gasteiger charge is -2.29. The Hall–Kier alpha value is -1.04. The van der Waals surface area contributed by atoms with Crippen molar-refractivity contribution in [2.45, 2.75) is 0 Å². The van der Waals surface area contributed by atoms with E-state index in [4.69, 9.17) is 0 Å². The quantitative estimate of drug-likeness (QED) is 0.828. The zero-order chi connectivity index (χ0) is 11.4. The Morgan fingerprint density at radius 3 is 2.67 bits per heavy atom. The standard InChI is InChI=1S/C11H15N3O2.2ClH/c1-16-11(15)10-8-9(2-3-13-10)14-6-4-12-5-7-14;;/h2-3,8,12H,4-7H2,1H3;2*1H. The number of methoxy groups -OCH3 is 1. The summed E-state index contributed by atoms with van der Waals surface area (Å²) in [6.45, 7) is 3.83. The summed E-state index contributed by atoms with van der Waals surface area (Å²) in [6, 6.07) is 3.69. The second kappa shape index (κ2) is 8.13. The second-order valence-electron chi connectivity index (χ2n) is 3.63. The maximum atomic E-state index is 11.3. The summed E-state index contributed by atoms with van der Waals surface area (Å²) in [4.78, 5) is 17.5. The van der Waals surface area contributed by atoms with Crippen LogP contribution in [0.4, 0.5) is 5.69 Å². The van der Waals surface area contributed by atoms with E-state index >= 15 is 0 Å². The van der Waals surface area contributed by atoms with E-state index in [1.165, 1.54) is 7.11 Å². The molecule has 0 unspecified atom stereocenters. The van der Waals surface area contributed by atoms with Crippen LogP contribution in [0.25, 0.3) is 0 Å². The van der Waals surface area contributed by atoms with Crippen molar-refractivity contribution in [1.82, 2.24) is 10.3 Å². The summed E-state index contributed by atoms with van der Waals surface area (Å²) in [6.07, 6.45) is 1.64. The molecular weight excluding hydrogens is 277 g/mol. The van der Waals surface area contributed by atoms with Crippen molar-refractivity contribution in [3.8, 4) is 0 Å². The molecule has 1 N–H and O–H groups in total. The predicted molar refractivity (Wildman–Crippen MR) is 75.2 cm³/mol. The number of pyridine rings is 1. The number of hydrogen-bond acceptors (Lipinski definition) is 5. The molecule has 0 radical (unpaired) electrons. The van der Waals surface area contributed by atoms with Gasteiger partial charge in [-0.3, -0.25) is 0 Å². The van der Waals surface area contributed by atoms with Gasteiger partial charge in [-0.05, 0) is 12.1 Å². The smallest absolute Gasteiger partial charge is 0.356 e. The van der Waals surface area contributed by atoms with Gasteiger partial charge in [0.05, 0.1) is 7.11 Å². The molecule has 18 heavy (non-hydrogen) atoms. The fourth-order valence-electron chi connectivity index (χ4n) is 1.76. The first-order chi connectivity index (χ1) is 7.81. The highest BCUT2D eigenvalue weighted by Gasteiger charge is 2.13. The van der Waals surface area contributed by atoms with E-state index in [-0.39, 0.29) is 24.8 Å². The highest BCUT2D eigenvalue weighted by Crippen LogP contribution is 2.15. The number of esters is 1. The van der Waals surface area contributed by atoms with E-state index in [0.717, 1.165) is 31.9 Å². The van der Waals surface area contributed by atoms with E-state index in [2.05, 4.69) is 19.9 Å². The van der Waals surface area contributed by atoms with Crippen molar-refractivity contribution in [3.05, 3.63) is 24.0 Å². The first-order valence-electron chi connectivity index (χ1n) is 5.31. The minimum absolute atomic E-state index is 0. The number of carbonyl (C=O) groups is 1.